The van der Waals surface area contributed by atoms with Crippen LogP contribution in [0.4, 0.5) is 0 Å². The van der Waals surface area contributed by atoms with Crippen molar-refractivity contribution in [2.24, 2.45) is 0 Å². The third-order valence-electron chi connectivity index (χ3n) is 2.60. The molecule has 0 aliphatic carbocycles. The van der Waals surface area contributed by atoms with E-state index < -0.39 is 5.60 Å². The van der Waals surface area contributed by atoms with Crippen LogP contribution in [0.3, 0.4) is 0 Å². The largest absolute Gasteiger partial charge is 0.375 e. The van der Waals surface area contributed by atoms with Crippen LogP contribution in [0.1, 0.15) is 47.5 Å². The summed E-state index contributed by atoms with van der Waals surface area (Å²) in [4.78, 5) is 22.3. The number of carbonyl (C=O) groups excluding carboxylic acids is 2. The van der Waals surface area contributed by atoms with Crippen molar-refractivity contribution in [2.75, 3.05) is 13.7 Å². The van der Waals surface area contributed by atoms with Gasteiger partial charge in [0.2, 0.25) is 11.8 Å². The van der Waals surface area contributed by atoms with E-state index in [2.05, 4.69) is 10.6 Å². The second-order valence-electron chi connectivity index (χ2n) is 5.77. The van der Waals surface area contributed by atoms with Gasteiger partial charge in [0.1, 0.15) is 0 Å². The second-order valence-corrected chi connectivity index (χ2v) is 5.77. The molecule has 0 aromatic carbocycles. The van der Waals surface area contributed by atoms with E-state index >= 15 is 0 Å². The maximum Gasteiger partial charge on any atom is 0.222 e. The van der Waals surface area contributed by atoms with E-state index in [1.165, 1.54) is 6.92 Å². The molecule has 0 atom stereocenters. The van der Waals surface area contributed by atoms with Crippen LogP contribution in [0, 0.1) is 0 Å². The van der Waals surface area contributed by atoms with Gasteiger partial charge in [-0.25, -0.2) is 0 Å². The van der Waals surface area contributed by atoms with Gasteiger partial charge >= 0.3 is 0 Å². The van der Waals surface area contributed by atoms with Crippen LogP contribution in [-0.4, -0.2) is 36.6 Å². The summed E-state index contributed by atoms with van der Waals surface area (Å²) in [5.74, 6) is -0.0919. The van der Waals surface area contributed by atoms with E-state index in [0.717, 1.165) is 0 Å². The average Bonchev–Trinajstić information content (AvgIpc) is 2.13. The van der Waals surface area contributed by atoms with Crippen molar-refractivity contribution in [3.05, 3.63) is 0 Å². The fourth-order valence-electron chi connectivity index (χ4n) is 1.65. The van der Waals surface area contributed by atoms with E-state index in [0.29, 0.717) is 19.4 Å². The highest BCUT2D eigenvalue weighted by atomic mass is 16.5. The summed E-state index contributed by atoms with van der Waals surface area (Å²) in [6, 6.07) is 0. The van der Waals surface area contributed by atoms with E-state index in [4.69, 9.17) is 4.74 Å². The Kier molecular flexibility index (Phi) is 6.32. The van der Waals surface area contributed by atoms with Gasteiger partial charge in [-0.2, -0.15) is 0 Å². The lowest BCUT2D eigenvalue weighted by atomic mass is 10.0. The number of amides is 2. The van der Waals surface area contributed by atoms with Gasteiger partial charge < -0.3 is 15.4 Å². The zero-order valence-electron chi connectivity index (χ0n) is 12.3. The smallest absolute Gasteiger partial charge is 0.222 e. The lowest BCUT2D eigenvalue weighted by Gasteiger charge is -2.29. The number of carbonyl (C=O) groups is 2. The van der Waals surface area contributed by atoms with E-state index in [1.54, 1.807) is 7.05 Å². The molecule has 0 spiro atoms. The fraction of sp³-hybridized carbons (Fsp3) is 0.846. The normalized spacial score (nSPS) is 12.1. The van der Waals surface area contributed by atoms with Crippen molar-refractivity contribution in [1.29, 1.82) is 0 Å². The molecule has 0 saturated heterocycles. The van der Waals surface area contributed by atoms with Gasteiger partial charge in [0.25, 0.3) is 0 Å². The molecule has 0 fully saturated rings. The molecular weight excluding hydrogens is 232 g/mol. The monoisotopic (exact) mass is 258 g/mol. The van der Waals surface area contributed by atoms with Gasteiger partial charge in [-0.3, -0.25) is 9.59 Å². The van der Waals surface area contributed by atoms with Crippen LogP contribution in [0.5, 0.6) is 0 Å². The van der Waals surface area contributed by atoms with Crippen LogP contribution >= 0.6 is 0 Å². The molecule has 0 unspecified atom stereocenters. The molecule has 0 saturated carbocycles. The molecule has 2 N–H and O–H groups in total. The third-order valence-corrected chi connectivity index (χ3v) is 2.60. The van der Waals surface area contributed by atoms with Crippen molar-refractivity contribution in [1.82, 2.24) is 10.6 Å². The Hall–Kier alpha value is -1.10. The summed E-state index contributed by atoms with van der Waals surface area (Å²) < 4.78 is 5.71. The number of ether oxygens (including phenoxy) is 1. The van der Waals surface area contributed by atoms with Crippen molar-refractivity contribution < 1.29 is 14.3 Å². The first kappa shape index (κ1) is 16.9. The summed E-state index contributed by atoms with van der Waals surface area (Å²) in [7, 11) is 1.61. The number of nitrogens with one attached hydrogen (secondary N) is 2. The second kappa shape index (κ2) is 6.73. The first-order valence-corrected chi connectivity index (χ1v) is 6.21. The van der Waals surface area contributed by atoms with Crippen molar-refractivity contribution in [3.63, 3.8) is 0 Å². The van der Waals surface area contributed by atoms with Crippen molar-refractivity contribution in [3.8, 4) is 0 Å². The van der Waals surface area contributed by atoms with Crippen LogP contribution in [0.2, 0.25) is 0 Å². The van der Waals surface area contributed by atoms with Gasteiger partial charge in [0.05, 0.1) is 12.0 Å². The SMILES string of the molecule is CNC(=O)CC(C)(C)OCCC(C)(C)NC(C)=O. The van der Waals surface area contributed by atoms with E-state index in [9.17, 15) is 9.59 Å². The fourth-order valence-corrected chi connectivity index (χ4v) is 1.65. The molecule has 0 aliphatic heterocycles. The maximum absolute atomic E-state index is 11.3. The summed E-state index contributed by atoms with van der Waals surface area (Å²) >= 11 is 0. The number of hydrogen-bond donors (Lipinski definition) is 2. The lowest BCUT2D eigenvalue weighted by Crippen LogP contribution is -2.44. The minimum absolute atomic E-state index is 0.0406. The zero-order valence-corrected chi connectivity index (χ0v) is 12.3. The topological polar surface area (TPSA) is 67.4 Å². The van der Waals surface area contributed by atoms with Crippen LogP contribution in [-0.2, 0) is 14.3 Å². The number of hydrogen-bond acceptors (Lipinski definition) is 3. The average molecular weight is 258 g/mol. The maximum atomic E-state index is 11.3. The van der Waals surface area contributed by atoms with Crippen LogP contribution in [0.25, 0.3) is 0 Å². The molecule has 0 aliphatic rings. The Morgan fingerprint density at radius 1 is 1.17 bits per heavy atom. The molecule has 0 radical (unpaired) electrons. The molecule has 5 heteroatoms. The highest BCUT2D eigenvalue weighted by Gasteiger charge is 2.24. The molecule has 106 valence electrons. The molecule has 2 amide bonds. The van der Waals surface area contributed by atoms with Crippen molar-refractivity contribution in [2.45, 2.75) is 58.6 Å². The Balaban J connectivity index is 4.09. The first-order valence-electron chi connectivity index (χ1n) is 6.21. The predicted molar refractivity (Wildman–Crippen MR) is 71.2 cm³/mol. The van der Waals surface area contributed by atoms with Crippen molar-refractivity contribution >= 4 is 11.8 Å². The Bertz CT molecular complexity index is 299. The van der Waals surface area contributed by atoms with Gasteiger partial charge in [-0.15, -0.1) is 0 Å². The standard InChI is InChI=1S/C13H26N2O3/c1-10(16)15-12(2,3)7-8-18-13(4,5)9-11(17)14-6/h7-9H2,1-6H3,(H,14,17)(H,15,16). The van der Waals surface area contributed by atoms with Crippen LogP contribution < -0.4 is 10.6 Å². The zero-order chi connectivity index (χ0) is 14.4. The van der Waals surface area contributed by atoms with Gasteiger partial charge in [-0.05, 0) is 34.1 Å². The van der Waals surface area contributed by atoms with E-state index in [-0.39, 0.29) is 17.4 Å². The van der Waals surface area contributed by atoms with Crippen LogP contribution in [0.15, 0.2) is 0 Å². The van der Waals surface area contributed by atoms with Gasteiger partial charge in [0, 0.05) is 26.1 Å². The third kappa shape index (κ3) is 8.06. The molecule has 5 nitrogen and oxygen atoms in total. The summed E-state index contributed by atoms with van der Waals surface area (Å²) in [6.45, 7) is 9.66. The molecular formula is C13H26N2O3. The molecule has 0 aromatic heterocycles. The number of rotatable bonds is 7. The quantitative estimate of drug-likeness (QED) is 0.721. The predicted octanol–water partition coefficient (Wildman–Crippen LogP) is 1.22. The Labute approximate surface area is 110 Å². The summed E-state index contributed by atoms with van der Waals surface area (Å²) in [5, 5.41) is 5.44. The summed E-state index contributed by atoms with van der Waals surface area (Å²) in [6.07, 6.45) is 1.02. The highest BCUT2D eigenvalue weighted by Crippen LogP contribution is 2.17. The molecule has 18 heavy (non-hydrogen) atoms. The Morgan fingerprint density at radius 3 is 2.17 bits per heavy atom. The Morgan fingerprint density at radius 2 is 1.72 bits per heavy atom. The molecule has 0 aromatic rings. The minimum Gasteiger partial charge on any atom is -0.375 e. The molecule has 0 bridgehead atoms. The molecule has 0 rings (SSSR count). The van der Waals surface area contributed by atoms with Gasteiger partial charge in [-0.1, -0.05) is 0 Å². The molecule has 0 heterocycles. The summed E-state index contributed by atoms with van der Waals surface area (Å²) in [5.41, 5.74) is -0.790. The van der Waals surface area contributed by atoms with Gasteiger partial charge in [0.15, 0.2) is 0 Å². The lowest BCUT2D eigenvalue weighted by molar-refractivity contribution is -0.127. The minimum atomic E-state index is -0.494. The van der Waals surface area contributed by atoms with E-state index in [1.807, 2.05) is 27.7 Å². The first-order chi connectivity index (χ1) is 8.08. The highest BCUT2D eigenvalue weighted by molar-refractivity contribution is 5.76.